The third-order valence-electron chi connectivity index (χ3n) is 9.35. The molecule has 9 heteroatoms. The van der Waals surface area contributed by atoms with Crippen LogP contribution in [0.5, 0.6) is 0 Å². The summed E-state index contributed by atoms with van der Waals surface area (Å²) in [6.45, 7) is 4.07. The van der Waals surface area contributed by atoms with Crippen molar-refractivity contribution in [2.24, 2.45) is 5.73 Å². The number of hydrogen-bond acceptors (Lipinski definition) is 6. The fourth-order valence-corrected chi connectivity index (χ4v) is 6.80. The monoisotopic (exact) mass is 767 g/mol. The maximum Gasteiger partial charge on any atom is 0.472 e. The number of amides is 1. The molecule has 0 heterocycles. The first kappa shape index (κ1) is 51.5. The number of allylic oxidation sites excluding steroid dienone is 7. The van der Waals surface area contributed by atoms with Gasteiger partial charge in [-0.3, -0.25) is 13.8 Å². The van der Waals surface area contributed by atoms with Crippen LogP contribution in [0.4, 0.5) is 0 Å². The first-order chi connectivity index (χ1) is 25.9. The van der Waals surface area contributed by atoms with Gasteiger partial charge in [0.2, 0.25) is 5.91 Å². The van der Waals surface area contributed by atoms with Crippen molar-refractivity contribution in [1.82, 2.24) is 5.32 Å². The van der Waals surface area contributed by atoms with Crippen molar-refractivity contribution >= 4 is 13.7 Å². The summed E-state index contributed by atoms with van der Waals surface area (Å²) in [6.07, 6.45) is 48.8. The van der Waals surface area contributed by atoms with Gasteiger partial charge in [-0.05, 0) is 70.6 Å². The number of nitrogens with two attached hydrogens (primary N) is 1. The van der Waals surface area contributed by atoms with Gasteiger partial charge in [0.25, 0.3) is 0 Å². The number of rotatable bonds is 40. The summed E-state index contributed by atoms with van der Waals surface area (Å²) < 4.78 is 22.1. The Kier molecular flexibility index (Phi) is 39.0. The lowest BCUT2D eigenvalue weighted by atomic mass is 10.0. The lowest BCUT2D eigenvalue weighted by Gasteiger charge is -2.23. The van der Waals surface area contributed by atoms with Gasteiger partial charge in [0.1, 0.15) is 0 Å². The second-order valence-corrected chi connectivity index (χ2v) is 16.0. The highest BCUT2D eigenvalue weighted by Crippen LogP contribution is 2.43. The normalized spacial score (nSPS) is 14.6. The minimum atomic E-state index is -4.35. The average molecular weight is 767 g/mol. The van der Waals surface area contributed by atoms with Crippen LogP contribution in [-0.4, -0.2) is 47.8 Å². The van der Waals surface area contributed by atoms with E-state index < -0.39 is 20.0 Å². The molecule has 0 aliphatic carbocycles. The van der Waals surface area contributed by atoms with Crippen LogP contribution in [0, 0.1) is 0 Å². The smallest absolute Gasteiger partial charge is 0.387 e. The second-order valence-electron chi connectivity index (χ2n) is 14.5. The van der Waals surface area contributed by atoms with E-state index in [1.807, 2.05) is 6.08 Å². The molecule has 0 aliphatic heterocycles. The lowest BCUT2D eigenvalue weighted by Crippen LogP contribution is -2.45. The van der Waals surface area contributed by atoms with Gasteiger partial charge in [0.05, 0.1) is 25.4 Å². The molecular weight excluding hydrogens is 683 g/mol. The summed E-state index contributed by atoms with van der Waals surface area (Å²) in [4.78, 5) is 22.7. The number of phosphoric acid groups is 1. The Labute approximate surface area is 326 Å². The number of phosphoric ester groups is 1. The van der Waals surface area contributed by atoms with Crippen molar-refractivity contribution in [3.8, 4) is 0 Å². The first-order valence-electron chi connectivity index (χ1n) is 21.8. The number of carbonyl (C=O) groups excluding carboxylic acids is 1. The van der Waals surface area contributed by atoms with Gasteiger partial charge in [-0.25, -0.2) is 4.57 Å². The summed E-state index contributed by atoms with van der Waals surface area (Å²) in [6, 6.07) is -0.884. The van der Waals surface area contributed by atoms with Gasteiger partial charge in [-0.2, -0.15) is 0 Å². The van der Waals surface area contributed by atoms with Gasteiger partial charge in [-0.1, -0.05) is 165 Å². The zero-order valence-electron chi connectivity index (χ0n) is 34.2. The van der Waals surface area contributed by atoms with E-state index in [2.05, 4.69) is 55.6 Å². The zero-order valence-corrected chi connectivity index (χ0v) is 35.1. The largest absolute Gasteiger partial charge is 0.472 e. The number of nitrogens with one attached hydrogen (secondary N) is 1. The van der Waals surface area contributed by atoms with Crippen molar-refractivity contribution in [2.75, 3.05) is 19.8 Å². The number of aliphatic hydroxyl groups excluding tert-OH is 1. The summed E-state index contributed by atoms with van der Waals surface area (Å²) in [5.41, 5.74) is 5.36. The molecule has 0 saturated carbocycles. The van der Waals surface area contributed by atoms with Crippen LogP contribution in [0.2, 0.25) is 0 Å². The van der Waals surface area contributed by atoms with Crippen LogP contribution in [0.25, 0.3) is 0 Å². The van der Waals surface area contributed by atoms with E-state index in [0.717, 1.165) is 51.4 Å². The molecule has 3 unspecified atom stereocenters. The average Bonchev–Trinajstić information content (AvgIpc) is 3.14. The minimum Gasteiger partial charge on any atom is -0.387 e. The fraction of sp³-hybridized carbons (Fsp3) is 0.795. The van der Waals surface area contributed by atoms with Gasteiger partial charge in [-0.15, -0.1) is 0 Å². The SMILES string of the molecule is CCCCC/C=C/CC/C=C/CC/C=C/C(O)C(COP(=O)(O)OCCN)NC(=O)CCCCCCCCCCC/C=C\CCCCCCCCCC. The molecule has 0 spiro atoms. The molecule has 310 valence electrons. The van der Waals surface area contributed by atoms with E-state index in [-0.39, 0.29) is 25.7 Å². The third-order valence-corrected chi connectivity index (χ3v) is 10.3. The van der Waals surface area contributed by atoms with Crippen molar-refractivity contribution < 1.29 is 28.4 Å². The molecule has 8 nitrogen and oxygen atoms in total. The van der Waals surface area contributed by atoms with Gasteiger partial charge in [0.15, 0.2) is 0 Å². The molecule has 0 aromatic heterocycles. The molecule has 1 amide bonds. The quantitative estimate of drug-likeness (QED) is 0.0277. The summed E-state index contributed by atoms with van der Waals surface area (Å²) in [5.74, 6) is -0.212. The molecule has 0 aliphatic rings. The molecule has 0 aromatic rings. The fourth-order valence-electron chi connectivity index (χ4n) is 6.04. The lowest BCUT2D eigenvalue weighted by molar-refractivity contribution is -0.123. The minimum absolute atomic E-state index is 0.0704. The molecule has 0 aromatic carbocycles. The zero-order chi connectivity index (χ0) is 38.9. The van der Waals surface area contributed by atoms with Crippen molar-refractivity contribution in [3.05, 3.63) is 48.6 Å². The maximum atomic E-state index is 12.7. The predicted molar refractivity (Wildman–Crippen MR) is 226 cm³/mol. The van der Waals surface area contributed by atoms with E-state index in [1.165, 1.54) is 122 Å². The van der Waals surface area contributed by atoms with Crippen LogP contribution in [0.3, 0.4) is 0 Å². The number of hydrogen-bond donors (Lipinski definition) is 4. The van der Waals surface area contributed by atoms with E-state index in [9.17, 15) is 19.4 Å². The molecule has 0 fully saturated rings. The Morgan fingerprint density at radius 1 is 0.604 bits per heavy atom. The standard InChI is InChI=1S/C44H83N2O6P/c1-3-5-7-9-11-13-15-17-18-19-20-21-22-23-24-26-28-30-32-34-36-38-44(48)46-42(41-52-53(49,50)51-40-39-45)43(47)37-35-33-31-29-27-25-16-14-12-10-8-6-4-2/h12,14,19-20,27,29,35,37,42-43,47H,3-11,13,15-18,21-26,28,30-34,36,38-41,45H2,1-2H3,(H,46,48)(H,49,50)/b14-12+,20-19-,29-27+,37-35+. The molecule has 53 heavy (non-hydrogen) atoms. The molecule has 0 rings (SSSR count). The van der Waals surface area contributed by atoms with Crippen molar-refractivity contribution in [3.63, 3.8) is 0 Å². The highest BCUT2D eigenvalue weighted by Gasteiger charge is 2.26. The van der Waals surface area contributed by atoms with Crippen LogP contribution in [-0.2, 0) is 18.4 Å². The predicted octanol–water partition coefficient (Wildman–Crippen LogP) is 12.1. The Morgan fingerprint density at radius 2 is 1.00 bits per heavy atom. The molecule has 0 radical (unpaired) electrons. The van der Waals surface area contributed by atoms with Crippen LogP contribution in [0.1, 0.15) is 194 Å². The molecule has 5 N–H and O–H groups in total. The Balaban J connectivity index is 4.20. The maximum absolute atomic E-state index is 12.7. The van der Waals surface area contributed by atoms with Gasteiger partial charge in [0, 0.05) is 13.0 Å². The third kappa shape index (κ3) is 38.5. The molecule has 0 saturated heterocycles. The Bertz CT molecular complexity index is 970. The van der Waals surface area contributed by atoms with E-state index in [1.54, 1.807) is 6.08 Å². The summed E-state index contributed by atoms with van der Waals surface area (Å²) >= 11 is 0. The van der Waals surface area contributed by atoms with Gasteiger partial charge < -0.3 is 21.1 Å². The molecular formula is C44H83N2O6P. The van der Waals surface area contributed by atoms with Gasteiger partial charge >= 0.3 is 7.82 Å². The van der Waals surface area contributed by atoms with E-state index >= 15 is 0 Å². The Hall–Kier alpha value is -1.54. The number of unbranched alkanes of at least 4 members (excludes halogenated alkanes) is 22. The summed E-state index contributed by atoms with van der Waals surface area (Å²) in [7, 11) is -4.35. The van der Waals surface area contributed by atoms with E-state index in [0.29, 0.717) is 6.42 Å². The van der Waals surface area contributed by atoms with Crippen LogP contribution >= 0.6 is 7.82 Å². The first-order valence-corrected chi connectivity index (χ1v) is 23.3. The topological polar surface area (TPSA) is 131 Å². The Morgan fingerprint density at radius 3 is 1.49 bits per heavy atom. The molecule has 0 bridgehead atoms. The number of aliphatic hydroxyl groups is 1. The highest BCUT2D eigenvalue weighted by atomic mass is 31.2. The van der Waals surface area contributed by atoms with Crippen LogP contribution in [0.15, 0.2) is 48.6 Å². The van der Waals surface area contributed by atoms with Crippen molar-refractivity contribution in [2.45, 2.75) is 206 Å². The van der Waals surface area contributed by atoms with Crippen LogP contribution < -0.4 is 11.1 Å². The number of carbonyl (C=O) groups is 1. The van der Waals surface area contributed by atoms with Crippen molar-refractivity contribution in [1.29, 1.82) is 0 Å². The van der Waals surface area contributed by atoms with E-state index in [4.69, 9.17) is 14.8 Å². The highest BCUT2D eigenvalue weighted by molar-refractivity contribution is 7.47. The second kappa shape index (κ2) is 40.1. The summed E-state index contributed by atoms with van der Waals surface area (Å²) in [5, 5.41) is 13.6. The molecule has 3 atom stereocenters.